The molecule has 3 aromatic rings. The number of Topliss-reactive ketones (excluding diaryl/α,β-unsaturated/α-hetero) is 1. The van der Waals surface area contributed by atoms with Crippen LogP contribution < -0.4 is 5.32 Å². The van der Waals surface area contributed by atoms with Gasteiger partial charge in [0.15, 0.2) is 5.78 Å². The van der Waals surface area contributed by atoms with Crippen LogP contribution in [-0.2, 0) is 6.42 Å². The Morgan fingerprint density at radius 2 is 1.41 bits per heavy atom. The highest BCUT2D eigenvalue weighted by molar-refractivity contribution is 5.96. The number of anilines is 1. The standard InChI is InChI=1S/C27H31NO/c1-5-21-8-16-25(17-9-21)28-26(23-14-12-22(13-15-23)19(2)3)18-27(29)24-10-6-20(4)7-11-24/h6-17,19,26,28H,5,18H2,1-4H3. The van der Waals surface area contributed by atoms with Crippen LogP contribution in [0.15, 0.2) is 72.8 Å². The van der Waals surface area contributed by atoms with Gasteiger partial charge in [-0.25, -0.2) is 0 Å². The van der Waals surface area contributed by atoms with E-state index in [9.17, 15) is 4.79 Å². The summed E-state index contributed by atoms with van der Waals surface area (Å²) >= 11 is 0. The van der Waals surface area contributed by atoms with Gasteiger partial charge in [-0.05, 0) is 48.1 Å². The second-order valence-corrected chi connectivity index (χ2v) is 8.06. The summed E-state index contributed by atoms with van der Waals surface area (Å²) in [4.78, 5) is 13.0. The van der Waals surface area contributed by atoms with Crippen molar-refractivity contribution < 1.29 is 4.79 Å². The number of benzene rings is 3. The molecule has 29 heavy (non-hydrogen) atoms. The van der Waals surface area contributed by atoms with E-state index >= 15 is 0 Å². The van der Waals surface area contributed by atoms with Crippen molar-refractivity contribution in [3.63, 3.8) is 0 Å². The first-order valence-corrected chi connectivity index (χ1v) is 10.5. The molecular weight excluding hydrogens is 354 g/mol. The smallest absolute Gasteiger partial charge is 0.165 e. The molecule has 1 unspecified atom stereocenters. The summed E-state index contributed by atoms with van der Waals surface area (Å²) in [6.07, 6.45) is 1.44. The van der Waals surface area contributed by atoms with Gasteiger partial charge < -0.3 is 5.32 Å². The Balaban J connectivity index is 1.85. The number of rotatable bonds is 8. The molecule has 2 nitrogen and oxygen atoms in total. The quantitative estimate of drug-likeness (QED) is 0.419. The van der Waals surface area contributed by atoms with Gasteiger partial charge in [-0.2, -0.15) is 0 Å². The van der Waals surface area contributed by atoms with Gasteiger partial charge >= 0.3 is 0 Å². The van der Waals surface area contributed by atoms with Crippen molar-refractivity contribution in [1.82, 2.24) is 0 Å². The predicted octanol–water partition coefficient (Wildman–Crippen LogP) is 7.11. The van der Waals surface area contributed by atoms with Gasteiger partial charge in [0.2, 0.25) is 0 Å². The zero-order chi connectivity index (χ0) is 20.8. The molecule has 0 heterocycles. The van der Waals surface area contributed by atoms with Crippen molar-refractivity contribution in [2.24, 2.45) is 0 Å². The van der Waals surface area contributed by atoms with E-state index in [0.29, 0.717) is 12.3 Å². The van der Waals surface area contributed by atoms with E-state index < -0.39 is 0 Å². The number of ketones is 1. The van der Waals surface area contributed by atoms with E-state index in [2.05, 4.69) is 74.6 Å². The van der Waals surface area contributed by atoms with Crippen LogP contribution in [-0.4, -0.2) is 5.78 Å². The van der Waals surface area contributed by atoms with Crippen LogP contribution in [0.2, 0.25) is 0 Å². The molecule has 1 atom stereocenters. The number of aryl methyl sites for hydroxylation is 2. The maximum absolute atomic E-state index is 13.0. The Hall–Kier alpha value is -2.87. The van der Waals surface area contributed by atoms with Crippen molar-refractivity contribution in [2.75, 3.05) is 5.32 Å². The third-order valence-electron chi connectivity index (χ3n) is 5.47. The van der Waals surface area contributed by atoms with E-state index in [1.165, 1.54) is 11.1 Å². The fourth-order valence-corrected chi connectivity index (χ4v) is 3.45. The molecule has 0 bridgehead atoms. The van der Waals surface area contributed by atoms with Crippen LogP contribution in [0.25, 0.3) is 0 Å². The zero-order valence-electron chi connectivity index (χ0n) is 17.9. The lowest BCUT2D eigenvalue weighted by Crippen LogP contribution is -2.16. The Morgan fingerprint density at radius 1 is 0.828 bits per heavy atom. The van der Waals surface area contributed by atoms with E-state index in [0.717, 1.165) is 28.8 Å². The maximum Gasteiger partial charge on any atom is 0.165 e. The van der Waals surface area contributed by atoms with E-state index in [4.69, 9.17) is 0 Å². The highest BCUT2D eigenvalue weighted by atomic mass is 16.1. The first-order valence-electron chi connectivity index (χ1n) is 10.5. The molecule has 0 spiro atoms. The molecule has 3 rings (SSSR count). The van der Waals surface area contributed by atoms with Crippen molar-refractivity contribution in [3.8, 4) is 0 Å². The Labute approximate surface area is 175 Å². The van der Waals surface area contributed by atoms with E-state index in [1.807, 2.05) is 31.2 Å². The van der Waals surface area contributed by atoms with Gasteiger partial charge in [0.25, 0.3) is 0 Å². The van der Waals surface area contributed by atoms with Crippen LogP contribution in [0, 0.1) is 6.92 Å². The maximum atomic E-state index is 13.0. The van der Waals surface area contributed by atoms with Crippen molar-refractivity contribution in [2.45, 2.75) is 52.5 Å². The Kier molecular flexibility index (Phi) is 6.87. The lowest BCUT2D eigenvalue weighted by Gasteiger charge is -2.21. The average Bonchev–Trinajstić information content (AvgIpc) is 2.74. The molecule has 0 aliphatic carbocycles. The Bertz CT molecular complexity index is 922. The highest BCUT2D eigenvalue weighted by Crippen LogP contribution is 2.27. The summed E-state index contributed by atoms with van der Waals surface area (Å²) in [5, 5.41) is 3.59. The summed E-state index contributed by atoms with van der Waals surface area (Å²) in [6.45, 7) is 8.58. The summed E-state index contributed by atoms with van der Waals surface area (Å²) in [5.41, 5.74) is 6.72. The van der Waals surface area contributed by atoms with Gasteiger partial charge in [-0.15, -0.1) is 0 Å². The van der Waals surface area contributed by atoms with Crippen molar-refractivity contribution in [3.05, 3.63) is 101 Å². The first-order chi connectivity index (χ1) is 14.0. The van der Waals surface area contributed by atoms with E-state index in [1.54, 1.807) is 0 Å². The molecule has 0 saturated heterocycles. The van der Waals surface area contributed by atoms with Crippen molar-refractivity contribution >= 4 is 11.5 Å². The van der Waals surface area contributed by atoms with Gasteiger partial charge in [-0.3, -0.25) is 4.79 Å². The molecule has 3 aromatic carbocycles. The van der Waals surface area contributed by atoms with Crippen molar-refractivity contribution in [1.29, 1.82) is 0 Å². The predicted molar refractivity (Wildman–Crippen MR) is 123 cm³/mol. The summed E-state index contributed by atoms with van der Waals surface area (Å²) in [5.74, 6) is 0.645. The minimum Gasteiger partial charge on any atom is -0.378 e. The van der Waals surface area contributed by atoms with Gasteiger partial charge in [-0.1, -0.05) is 87.0 Å². The number of carbonyl (C=O) groups excluding carboxylic acids is 1. The molecule has 1 N–H and O–H groups in total. The van der Waals surface area contributed by atoms with Crippen LogP contribution in [0.4, 0.5) is 5.69 Å². The fourth-order valence-electron chi connectivity index (χ4n) is 3.45. The highest BCUT2D eigenvalue weighted by Gasteiger charge is 2.18. The Morgan fingerprint density at radius 3 is 1.97 bits per heavy atom. The van der Waals surface area contributed by atoms with Crippen LogP contribution in [0.5, 0.6) is 0 Å². The largest absolute Gasteiger partial charge is 0.378 e. The summed E-state index contributed by atoms with van der Waals surface area (Å²) in [6, 6.07) is 24.9. The molecule has 0 amide bonds. The minimum absolute atomic E-state index is 0.0718. The van der Waals surface area contributed by atoms with E-state index in [-0.39, 0.29) is 11.8 Å². The fraction of sp³-hybridized carbons (Fsp3) is 0.296. The average molecular weight is 386 g/mol. The molecule has 150 valence electrons. The minimum atomic E-state index is -0.0718. The van der Waals surface area contributed by atoms with Gasteiger partial charge in [0, 0.05) is 17.7 Å². The monoisotopic (exact) mass is 385 g/mol. The normalized spacial score (nSPS) is 12.0. The number of carbonyl (C=O) groups is 1. The first kappa shape index (κ1) is 20.9. The molecule has 0 aliphatic heterocycles. The van der Waals surface area contributed by atoms with Gasteiger partial charge in [0.1, 0.15) is 0 Å². The second kappa shape index (κ2) is 9.56. The summed E-state index contributed by atoms with van der Waals surface area (Å²) < 4.78 is 0. The number of nitrogens with one attached hydrogen (secondary N) is 1. The SMILES string of the molecule is CCc1ccc(NC(CC(=O)c2ccc(C)cc2)c2ccc(C(C)C)cc2)cc1. The number of hydrogen-bond donors (Lipinski definition) is 1. The molecule has 0 saturated carbocycles. The lowest BCUT2D eigenvalue weighted by atomic mass is 9.94. The van der Waals surface area contributed by atoms with Gasteiger partial charge in [0.05, 0.1) is 6.04 Å². The van der Waals surface area contributed by atoms with Crippen LogP contribution >= 0.6 is 0 Å². The molecule has 0 radical (unpaired) electrons. The molecular formula is C27H31NO. The van der Waals surface area contributed by atoms with Crippen LogP contribution in [0.1, 0.15) is 71.8 Å². The second-order valence-electron chi connectivity index (χ2n) is 8.06. The third-order valence-corrected chi connectivity index (χ3v) is 5.47. The van der Waals surface area contributed by atoms with Crippen LogP contribution in [0.3, 0.4) is 0 Å². The molecule has 0 fully saturated rings. The zero-order valence-corrected chi connectivity index (χ0v) is 17.9. The number of hydrogen-bond acceptors (Lipinski definition) is 2. The molecule has 2 heteroatoms. The molecule has 0 aromatic heterocycles. The lowest BCUT2D eigenvalue weighted by molar-refractivity contribution is 0.0976. The summed E-state index contributed by atoms with van der Waals surface area (Å²) in [7, 11) is 0. The molecule has 0 aliphatic rings. The topological polar surface area (TPSA) is 29.1 Å². The third kappa shape index (κ3) is 5.57.